The van der Waals surface area contributed by atoms with E-state index in [4.69, 9.17) is 0 Å². The fraction of sp³-hybridized carbons (Fsp3) is 0.350. The quantitative estimate of drug-likeness (QED) is 0.694. The van der Waals surface area contributed by atoms with Gasteiger partial charge in [-0.3, -0.25) is 9.69 Å². The SMILES string of the molecule is O=C(O)C1CCN(C(c2ccc(Br)cc2)c2cccc(C(F)(F)F)c2)CC1. The number of carboxylic acid groups (broad SMARTS) is 1. The number of rotatable bonds is 4. The highest BCUT2D eigenvalue weighted by molar-refractivity contribution is 9.10. The van der Waals surface area contributed by atoms with Crippen LogP contribution in [0.1, 0.15) is 35.6 Å². The Bertz CT molecular complexity index is 800. The zero-order valence-electron chi connectivity index (χ0n) is 14.4. The van der Waals surface area contributed by atoms with Crippen LogP contribution >= 0.6 is 15.9 Å². The zero-order chi connectivity index (χ0) is 19.6. The number of benzene rings is 2. The third-order valence-electron chi connectivity index (χ3n) is 4.96. The Hall–Kier alpha value is -1.86. The van der Waals surface area contributed by atoms with Crippen molar-refractivity contribution in [1.29, 1.82) is 0 Å². The normalized spacial score (nSPS) is 17.6. The molecule has 27 heavy (non-hydrogen) atoms. The lowest BCUT2D eigenvalue weighted by molar-refractivity contribution is -0.143. The maximum atomic E-state index is 13.2. The van der Waals surface area contributed by atoms with Gasteiger partial charge in [0.1, 0.15) is 0 Å². The van der Waals surface area contributed by atoms with E-state index in [-0.39, 0.29) is 6.04 Å². The molecule has 0 spiro atoms. The van der Waals surface area contributed by atoms with Crippen molar-refractivity contribution in [1.82, 2.24) is 4.90 Å². The summed E-state index contributed by atoms with van der Waals surface area (Å²) in [5.41, 5.74) is 0.759. The summed E-state index contributed by atoms with van der Waals surface area (Å²) in [7, 11) is 0. The summed E-state index contributed by atoms with van der Waals surface area (Å²) in [5, 5.41) is 9.20. The Morgan fingerprint density at radius 1 is 1.07 bits per heavy atom. The van der Waals surface area contributed by atoms with Gasteiger partial charge < -0.3 is 5.11 Å². The van der Waals surface area contributed by atoms with Crippen LogP contribution in [-0.4, -0.2) is 29.1 Å². The molecule has 0 amide bonds. The number of nitrogens with zero attached hydrogens (tertiary/aromatic N) is 1. The average molecular weight is 442 g/mol. The second-order valence-corrected chi connectivity index (χ2v) is 7.64. The minimum absolute atomic E-state index is 0.352. The summed E-state index contributed by atoms with van der Waals surface area (Å²) in [6.07, 6.45) is -3.43. The first-order valence-corrected chi connectivity index (χ1v) is 9.44. The first-order chi connectivity index (χ1) is 12.8. The molecule has 3 rings (SSSR count). The second-order valence-electron chi connectivity index (χ2n) is 6.73. The number of carboxylic acids is 1. The smallest absolute Gasteiger partial charge is 0.416 e. The molecule has 1 saturated heterocycles. The van der Waals surface area contributed by atoms with Gasteiger partial charge in [0.15, 0.2) is 0 Å². The van der Waals surface area contributed by atoms with Gasteiger partial charge in [-0.25, -0.2) is 0 Å². The molecule has 1 atom stereocenters. The summed E-state index contributed by atoms with van der Waals surface area (Å²) < 4.78 is 40.4. The van der Waals surface area contributed by atoms with E-state index in [1.165, 1.54) is 12.1 Å². The van der Waals surface area contributed by atoms with Crippen molar-refractivity contribution in [2.75, 3.05) is 13.1 Å². The molecule has 0 aliphatic carbocycles. The van der Waals surface area contributed by atoms with Gasteiger partial charge in [0.2, 0.25) is 0 Å². The lowest BCUT2D eigenvalue weighted by Crippen LogP contribution is -2.39. The molecule has 1 heterocycles. The highest BCUT2D eigenvalue weighted by Gasteiger charge is 2.33. The van der Waals surface area contributed by atoms with Gasteiger partial charge in [-0.1, -0.05) is 40.2 Å². The Labute approximate surface area is 163 Å². The molecule has 1 unspecified atom stereocenters. The van der Waals surface area contributed by atoms with Crippen molar-refractivity contribution < 1.29 is 23.1 Å². The van der Waals surface area contributed by atoms with E-state index in [0.717, 1.165) is 16.1 Å². The summed E-state index contributed by atoms with van der Waals surface area (Å²) in [5.74, 6) is -1.21. The number of aliphatic carboxylic acids is 1. The van der Waals surface area contributed by atoms with Crippen molar-refractivity contribution in [3.8, 4) is 0 Å². The molecule has 0 bridgehead atoms. The summed E-state index contributed by atoms with van der Waals surface area (Å²) in [4.78, 5) is 13.3. The molecule has 2 aromatic rings. The monoisotopic (exact) mass is 441 g/mol. The van der Waals surface area contributed by atoms with E-state index >= 15 is 0 Å². The number of piperidine rings is 1. The molecule has 0 saturated carbocycles. The van der Waals surface area contributed by atoms with Gasteiger partial charge in [-0.2, -0.15) is 13.2 Å². The molecule has 3 nitrogen and oxygen atoms in total. The Kier molecular flexibility index (Phi) is 5.91. The van der Waals surface area contributed by atoms with Crippen LogP contribution in [-0.2, 0) is 11.0 Å². The minimum atomic E-state index is -4.41. The molecule has 144 valence electrons. The fourth-order valence-corrected chi connectivity index (χ4v) is 3.81. The van der Waals surface area contributed by atoms with Gasteiger partial charge in [0.25, 0.3) is 0 Å². The van der Waals surface area contributed by atoms with Crippen molar-refractivity contribution in [2.24, 2.45) is 5.92 Å². The van der Waals surface area contributed by atoms with Crippen LogP contribution in [0.3, 0.4) is 0 Å². The van der Waals surface area contributed by atoms with E-state index in [1.807, 2.05) is 24.3 Å². The summed E-state index contributed by atoms with van der Waals surface area (Å²) in [6.45, 7) is 1.04. The Morgan fingerprint density at radius 2 is 1.70 bits per heavy atom. The molecule has 1 aliphatic heterocycles. The zero-order valence-corrected chi connectivity index (χ0v) is 16.0. The van der Waals surface area contributed by atoms with Crippen LogP contribution in [0.25, 0.3) is 0 Å². The van der Waals surface area contributed by atoms with Crippen molar-refractivity contribution in [3.05, 3.63) is 69.7 Å². The number of hydrogen-bond donors (Lipinski definition) is 1. The highest BCUT2D eigenvalue weighted by atomic mass is 79.9. The number of likely N-dealkylation sites (tertiary alicyclic amines) is 1. The van der Waals surface area contributed by atoms with E-state index in [1.54, 1.807) is 6.07 Å². The lowest BCUT2D eigenvalue weighted by atomic mass is 9.91. The van der Waals surface area contributed by atoms with Gasteiger partial charge in [-0.15, -0.1) is 0 Å². The van der Waals surface area contributed by atoms with Gasteiger partial charge in [0.05, 0.1) is 17.5 Å². The maximum Gasteiger partial charge on any atom is 0.416 e. The molecule has 2 aromatic carbocycles. The molecule has 1 fully saturated rings. The predicted molar refractivity (Wildman–Crippen MR) is 99.4 cm³/mol. The van der Waals surface area contributed by atoms with E-state index < -0.39 is 23.6 Å². The molecule has 0 aromatic heterocycles. The molecule has 7 heteroatoms. The number of carbonyl (C=O) groups is 1. The first kappa shape index (κ1) is 19.9. The van der Waals surface area contributed by atoms with Crippen LogP contribution in [0.5, 0.6) is 0 Å². The standard InChI is InChI=1S/C20H19BrF3NO2/c21-17-6-4-13(5-7-17)18(25-10-8-14(9-11-25)19(26)27)15-2-1-3-16(12-15)20(22,23)24/h1-7,12,14,18H,8-11H2,(H,26,27). The first-order valence-electron chi connectivity index (χ1n) is 8.65. The molecule has 1 aliphatic rings. The number of halogens is 4. The van der Waals surface area contributed by atoms with E-state index in [0.29, 0.717) is 31.5 Å². The second kappa shape index (κ2) is 8.02. The van der Waals surface area contributed by atoms with Crippen LogP contribution < -0.4 is 0 Å². The van der Waals surface area contributed by atoms with Crippen LogP contribution in [0.2, 0.25) is 0 Å². The topological polar surface area (TPSA) is 40.5 Å². The third kappa shape index (κ3) is 4.71. The van der Waals surface area contributed by atoms with Crippen molar-refractivity contribution in [2.45, 2.75) is 25.1 Å². The van der Waals surface area contributed by atoms with E-state index in [9.17, 15) is 23.1 Å². The van der Waals surface area contributed by atoms with Gasteiger partial charge in [0, 0.05) is 4.47 Å². The van der Waals surface area contributed by atoms with Gasteiger partial charge in [-0.05, 0) is 61.3 Å². The minimum Gasteiger partial charge on any atom is -0.481 e. The van der Waals surface area contributed by atoms with Crippen molar-refractivity contribution in [3.63, 3.8) is 0 Å². The Balaban J connectivity index is 1.96. The van der Waals surface area contributed by atoms with Crippen LogP contribution in [0.15, 0.2) is 53.0 Å². The largest absolute Gasteiger partial charge is 0.481 e. The molecular weight excluding hydrogens is 423 g/mol. The van der Waals surface area contributed by atoms with Crippen LogP contribution in [0, 0.1) is 5.92 Å². The third-order valence-corrected chi connectivity index (χ3v) is 5.49. The lowest BCUT2D eigenvalue weighted by Gasteiger charge is -2.37. The summed E-state index contributed by atoms with van der Waals surface area (Å²) in [6, 6.07) is 12.5. The maximum absolute atomic E-state index is 13.2. The molecular formula is C20H19BrF3NO2. The van der Waals surface area contributed by atoms with E-state index in [2.05, 4.69) is 20.8 Å². The fourth-order valence-electron chi connectivity index (χ4n) is 3.55. The average Bonchev–Trinajstić information content (AvgIpc) is 2.63. The van der Waals surface area contributed by atoms with Crippen molar-refractivity contribution >= 4 is 21.9 Å². The van der Waals surface area contributed by atoms with Gasteiger partial charge >= 0.3 is 12.1 Å². The summed E-state index contributed by atoms with van der Waals surface area (Å²) >= 11 is 3.38. The Morgan fingerprint density at radius 3 is 2.26 bits per heavy atom. The number of hydrogen-bond acceptors (Lipinski definition) is 2. The van der Waals surface area contributed by atoms with Crippen LogP contribution in [0.4, 0.5) is 13.2 Å². The number of alkyl halides is 3. The molecule has 1 N–H and O–H groups in total. The highest BCUT2D eigenvalue weighted by Crippen LogP contribution is 2.36. The predicted octanol–water partition coefficient (Wildman–Crippen LogP) is 5.35. The molecule has 0 radical (unpaired) electrons.